The zero-order valence-corrected chi connectivity index (χ0v) is 23.6. The average molecular weight is 441 g/mol. The van der Waals surface area contributed by atoms with Crippen LogP contribution in [-0.2, 0) is 0 Å². The molecule has 0 heterocycles. The maximum Gasteiger partial charge on any atom is -0.0228 e. The predicted octanol–water partition coefficient (Wildman–Crippen LogP) is 11.4. The van der Waals surface area contributed by atoms with Gasteiger partial charge in [0.2, 0.25) is 0 Å². The van der Waals surface area contributed by atoms with Crippen molar-refractivity contribution in [2.45, 2.75) is 108 Å². The molecule has 0 spiro atoms. The third-order valence-corrected chi connectivity index (χ3v) is 5.53. The van der Waals surface area contributed by atoms with Crippen molar-refractivity contribution < 1.29 is 0 Å². The van der Waals surface area contributed by atoms with E-state index < -0.39 is 0 Å². The van der Waals surface area contributed by atoms with Gasteiger partial charge in [-0.05, 0) is 70.9 Å². The minimum atomic E-state index is 0.939. The van der Waals surface area contributed by atoms with Crippen LogP contribution in [-0.4, -0.2) is 0 Å². The number of hydrogen-bond donors (Lipinski definition) is 0. The highest BCUT2D eigenvalue weighted by Crippen LogP contribution is 2.20. The summed E-state index contributed by atoms with van der Waals surface area (Å²) in [5, 5.41) is 0. The van der Waals surface area contributed by atoms with Gasteiger partial charge in [0, 0.05) is 0 Å². The number of benzene rings is 1. The molecule has 1 aromatic rings. The molecule has 0 saturated heterocycles. The van der Waals surface area contributed by atoms with Gasteiger partial charge < -0.3 is 0 Å². The highest BCUT2D eigenvalue weighted by atomic mass is 14.1. The first-order valence-electron chi connectivity index (χ1n) is 12.6. The van der Waals surface area contributed by atoms with Crippen LogP contribution in [0.1, 0.15) is 112 Å². The monoisotopic (exact) mass is 440 g/mol. The van der Waals surface area contributed by atoms with E-state index in [-0.39, 0.29) is 0 Å². The first-order chi connectivity index (χ1) is 15.0. The SMILES string of the molecule is C=C(C)C.C=C/C=C\C.CC/C(C)=C(/C)c1ccc(C)cc1.CCC(C)CCC(C)CC. The molecule has 32 heavy (non-hydrogen) atoms. The molecule has 2 atom stereocenters. The van der Waals surface area contributed by atoms with E-state index in [0.29, 0.717) is 0 Å². The van der Waals surface area contributed by atoms with Gasteiger partial charge in [0.25, 0.3) is 0 Å². The summed E-state index contributed by atoms with van der Waals surface area (Å²) in [6.07, 6.45) is 12.2. The minimum absolute atomic E-state index is 0.939. The first kappa shape index (κ1) is 34.8. The van der Waals surface area contributed by atoms with Gasteiger partial charge in [-0.25, -0.2) is 0 Å². The van der Waals surface area contributed by atoms with Crippen LogP contribution in [0.5, 0.6) is 0 Å². The molecule has 0 aliphatic rings. The molecular formula is C32H56. The third-order valence-electron chi connectivity index (χ3n) is 5.53. The molecule has 0 radical (unpaired) electrons. The van der Waals surface area contributed by atoms with Crippen LogP contribution in [0.15, 0.2) is 66.8 Å². The lowest BCUT2D eigenvalue weighted by Crippen LogP contribution is -1.97. The summed E-state index contributed by atoms with van der Waals surface area (Å²) in [6.45, 7) is 30.9. The van der Waals surface area contributed by atoms with Crippen LogP contribution >= 0.6 is 0 Å². The standard InChI is InChI=1S/C13H18.C10H22.C5H8.C4H8/c1-5-11(3)12(4)13-8-6-10(2)7-9-13;1-5-9(3)7-8-10(4)6-2;1-3-5-4-2;1-4(2)3/h6-9H,5H2,1-4H3;9-10H,5-8H2,1-4H3;3-5H,1H2,2H3;1H2,2-3H3/b12-11-;;5-4-;. The molecule has 184 valence electrons. The Kier molecular flexibility index (Phi) is 25.9. The Morgan fingerprint density at radius 2 is 1.28 bits per heavy atom. The first-order valence-corrected chi connectivity index (χ1v) is 12.6. The predicted molar refractivity (Wildman–Crippen MR) is 153 cm³/mol. The summed E-state index contributed by atoms with van der Waals surface area (Å²) in [4.78, 5) is 0. The Hall–Kier alpha value is -1.82. The van der Waals surface area contributed by atoms with Crippen LogP contribution in [0, 0.1) is 18.8 Å². The summed E-state index contributed by atoms with van der Waals surface area (Å²) >= 11 is 0. The minimum Gasteiger partial charge on any atom is -0.100 e. The molecular weight excluding hydrogens is 384 g/mol. The fourth-order valence-corrected chi connectivity index (χ4v) is 2.43. The zero-order valence-electron chi connectivity index (χ0n) is 23.6. The summed E-state index contributed by atoms with van der Waals surface area (Å²) in [5.74, 6) is 1.88. The number of aryl methyl sites for hydroxylation is 1. The Morgan fingerprint density at radius 1 is 0.875 bits per heavy atom. The van der Waals surface area contributed by atoms with Crippen molar-refractivity contribution in [3.8, 4) is 0 Å². The molecule has 0 aliphatic heterocycles. The normalized spacial score (nSPS) is 12.6. The van der Waals surface area contributed by atoms with Crippen molar-refractivity contribution in [3.63, 3.8) is 0 Å². The molecule has 0 bridgehead atoms. The molecule has 0 amide bonds. The van der Waals surface area contributed by atoms with E-state index in [9.17, 15) is 0 Å². The second kappa shape index (κ2) is 23.8. The molecule has 0 saturated carbocycles. The summed E-state index contributed by atoms with van der Waals surface area (Å²) in [6, 6.07) is 8.73. The Labute approximate surface area is 203 Å². The van der Waals surface area contributed by atoms with Gasteiger partial charge in [0.05, 0.1) is 0 Å². The van der Waals surface area contributed by atoms with Crippen LogP contribution in [0.4, 0.5) is 0 Å². The van der Waals surface area contributed by atoms with Crippen molar-refractivity contribution >= 4 is 5.57 Å². The summed E-state index contributed by atoms with van der Waals surface area (Å²) in [5.41, 5.74) is 6.74. The molecule has 2 unspecified atom stereocenters. The topological polar surface area (TPSA) is 0 Å². The molecule has 1 aromatic carbocycles. The maximum absolute atomic E-state index is 3.56. The van der Waals surface area contributed by atoms with Gasteiger partial charge >= 0.3 is 0 Å². The van der Waals surface area contributed by atoms with Gasteiger partial charge in [-0.3, -0.25) is 0 Å². The van der Waals surface area contributed by atoms with Crippen molar-refractivity contribution in [1.29, 1.82) is 0 Å². The second-order valence-corrected chi connectivity index (χ2v) is 9.20. The van der Waals surface area contributed by atoms with E-state index in [1.165, 1.54) is 53.5 Å². The van der Waals surface area contributed by atoms with E-state index in [2.05, 4.69) is 92.8 Å². The Morgan fingerprint density at radius 3 is 1.53 bits per heavy atom. The molecule has 0 heteroatoms. The Balaban J connectivity index is -0.000000391. The van der Waals surface area contributed by atoms with Gasteiger partial charge in [0.15, 0.2) is 0 Å². The highest BCUT2D eigenvalue weighted by Gasteiger charge is 2.02. The largest absolute Gasteiger partial charge is 0.100 e. The molecule has 0 aliphatic carbocycles. The fraction of sp³-hybridized carbons (Fsp3) is 0.562. The van der Waals surface area contributed by atoms with Gasteiger partial charge in [-0.1, -0.05) is 126 Å². The summed E-state index contributed by atoms with van der Waals surface area (Å²) in [7, 11) is 0. The lowest BCUT2D eigenvalue weighted by Gasteiger charge is -2.11. The number of allylic oxidation sites excluding steroid dienone is 6. The van der Waals surface area contributed by atoms with Crippen molar-refractivity contribution in [1.82, 2.24) is 0 Å². The van der Waals surface area contributed by atoms with E-state index in [1.807, 2.05) is 32.9 Å². The second-order valence-electron chi connectivity index (χ2n) is 9.20. The van der Waals surface area contributed by atoms with E-state index in [4.69, 9.17) is 0 Å². The van der Waals surface area contributed by atoms with Crippen molar-refractivity contribution in [3.05, 3.63) is 77.9 Å². The van der Waals surface area contributed by atoms with Crippen LogP contribution < -0.4 is 0 Å². The van der Waals surface area contributed by atoms with Crippen LogP contribution in [0.3, 0.4) is 0 Å². The lowest BCUT2D eigenvalue weighted by atomic mass is 9.95. The smallest absolute Gasteiger partial charge is 0.0228 e. The number of hydrogen-bond acceptors (Lipinski definition) is 0. The van der Waals surface area contributed by atoms with E-state index in [1.54, 1.807) is 6.08 Å². The average Bonchev–Trinajstić information content (AvgIpc) is 2.77. The maximum atomic E-state index is 3.56. The zero-order chi connectivity index (χ0) is 25.5. The van der Waals surface area contributed by atoms with Gasteiger partial charge in [-0.15, -0.1) is 6.58 Å². The van der Waals surface area contributed by atoms with Crippen molar-refractivity contribution in [2.24, 2.45) is 11.8 Å². The molecule has 0 aromatic heterocycles. The lowest BCUT2D eigenvalue weighted by molar-refractivity contribution is 0.415. The highest BCUT2D eigenvalue weighted by molar-refractivity contribution is 5.66. The van der Waals surface area contributed by atoms with E-state index >= 15 is 0 Å². The van der Waals surface area contributed by atoms with Crippen molar-refractivity contribution in [2.75, 3.05) is 0 Å². The molecule has 0 fully saturated rings. The van der Waals surface area contributed by atoms with Gasteiger partial charge in [0.1, 0.15) is 0 Å². The third kappa shape index (κ3) is 24.4. The molecule has 1 rings (SSSR count). The Bertz CT molecular complexity index is 611. The van der Waals surface area contributed by atoms with Gasteiger partial charge in [-0.2, -0.15) is 0 Å². The quantitative estimate of drug-likeness (QED) is 0.278. The van der Waals surface area contributed by atoms with Crippen LogP contribution in [0.2, 0.25) is 0 Å². The summed E-state index contributed by atoms with van der Waals surface area (Å²) < 4.78 is 0. The number of rotatable bonds is 8. The van der Waals surface area contributed by atoms with Crippen LogP contribution in [0.25, 0.3) is 5.57 Å². The van der Waals surface area contributed by atoms with E-state index in [0.717, 1.165) is 18.3 Å². The molecule has 0 nitrogen and oxygen atoms in total. The molecule has 0 N–H and O–H groups in total. The fourth-order valence-electron chi connectivity index (χ4n) is 2.43.